The molecule has 0 aliphatic carbocycles. The normalized spacial score (nSPS) is 10.2. The largest absolute Gasteiger partial charge is 0.389 e. The molecule has 0 heterocycles. The Balaban J connectivity index is 2.44. The molecule has 19 heavy (non-hydrogen) atoms. The van der Waals surface area contributed by atoms with Gasteiger partial charge in [-0.15, -0.1) is 11.8 Å². The van der Waals surface area contributed by atoms with Crippen LogP contribution in [0.3, 0.4) is 0 Å². The van der Waals surface area contributed by atoms with Crippen LogP contribution in [0, 0.1) is 0 Å². The Morgan fingerprint density at radius 3 is 2.53 bits per heavy atom. The number of thiocarbonyl (C=S) groups is 1. The Kier molecular flexibility index (Phi) is 4.85. The SMILES string of the molecule is CSc1ccccc1Nc1cccc(Br)c1C(N)=S. The second-order valence-electron chi connectivity index (χ2n) is 3.85. The van der Waals surface area contributed by atoms with Gasteiger partial charge in [0.1, 0.15) is 4.99 Å². The molecular formula is C14H13BrN2S2. The van der Waals surface area contributed by atoms with Crippen LogP contribution >= 0.6 is 39.9 Å². The van der Waals surface area contributed by atoms with Gasteiger partial charge in [0.25, 0.3) is 0 Å². The van der Waals surface area contributed by atoms with Crippen LogP contribution in [0.2, 0.25) is 0 Å². The first-order valence-electron chi connectivity index (χ1n) is 5.62. The summed E-state index contributed by atoms with van der Waals surface area (Å²) < 4.78 is 0.895. The Morgan fingerprint density at radius 2 is 1.84 bits per heavy atom. The van der Waals surface area contributed by atoms with Crippen molar-refractivity contribution in [2.45, 2.75) is 4.90 Å². The maximum atomic E-state index is 5.80. The fraction of sp³-hybridized carbons (Fsp3) is 0.0714. The maximum Gasteiger partial charge on any atom is 0.107 e. The predicted molar refractivity (Wildman–Crippen MR) is 91.5 cm³/mol. The van der Waals surface area contributed by atoms with Gasteiger partial charge in [-0.3, -0.25) is 0 Å². The van der Waals surface area contributed by atoms with Gasteiger partial charge < -0.3 is 11.1 Å². The van der Waals surface area contributed by atoms with Crippen molar-refractivity contribution in [1.29, 1.82) is 0 Å². The average molecular weight is 353 g/mol. The lowest BCUT2D eigenvalue weighted by Crippen LogP contribution is -2.12. The minimum absolute atomic E-state index is 0.372. The molecule has 0 aliphatic heterocycles. The van der Waals surface area contributed by atoms with Crippen molar-refractivity contribution >= 4 is 56.3 Å². The highest BCUT2D eigenvalue weighted by molar-refractivity contribution is 9.10. The zero-order valence-corrected chi connectivity index (χ0v) is 13.5. The van der Waals surface area contributed by atoms with Crippen LogP contribution in [0.25, 0.3) is 0 Å². The third kappa shape index (κ3) is 3.29. The summed E-state index contributed by atoms with van der Waals surface area (Å²) in [6, 6.07) is 14.0. The van der Waals surface area contributed by atoms with Crippen molar-refractivity contribution in [3.63, 3.8) is 0 Å². The number of nitrogens with one attached hydrogen (secondary N) is 1. The molecule has 0 aliphatic rings. The van der Waals surface area contributed by atoms with E-state index < -0.39 is 0 Å². The number of halogens is 1. The zero-order chi connectivity index (χ0) is 13.8. The lowest BCUT2D eigenvalue weighted by molar-refractivity contribution is 1.40. The molecule has 0 fully saturated rings. The number of thioether (sulfide) groups is 1. The Labute approximate surface area is 130 Å². The highest BCUT2D eigenvalue weighted by Crippen LogP contribution is 2.31. The summed E-state index contributed by atoms with van der Waals surface area (Å²) >= 11 is 10.3. The minimum Gasteiger partial charge on any atom is -0.389 e. The fourth-order valence-electron chi connectivity index (χ4n) is 1.77. The van der Waals surface area contributed by atoms with E-state index in [2.05, 4.69) is 33.6 Å². The third-order valence-electron chi connectivity index (χ3n) is 2.64. The zero-order valence-electron chi connectivity index (χ0n) is 10.3. The van der Waals surface area contributed by atoms with Crippen LogP contribution in [0.15, 0.2) is 51.8 Å². The second-order valence-corrected chi connectivity index (χ2v) is 5.99. The second kappa shape index (κ2) is 6.41. The van der Waals surface area contributed by atoms with Crippen molar-refractivity contribution in [3.8, 4) is 0 Å². The van der Waals surface area contributed by atoms with Gasteiger partial charge in [-0.25, -0.2) is 0 Å². The van der Waals surface area contributed by atoms with E-state index in [0.717, 1.165) is 21.4 Å². The standard InChI is InChI=1S/C14H13BrN2S2/c1-19-12-8-3-2-6-10(12)17-11-7-4-5-9(15)13(11)14(16)18/h2-8,17H,1H3,(H2,16,18). The van der Waals surface area contributed by atoms with Crippen molar-refractivity contribution in [2.24, 2.45) is 5.73 Å². The topological polar surface area (TPSA) is 38.0 Å². The monoisotopic (exact) mass is 352 g/mol. The molecule has 0 saturated heterocycles. The van der Waals surface area contributed by atoms with E-state index >= 15 is 0 Å². The van der Waals surface area contributed by atoms with E-state index in [1.165, 1.54) is 4.90 Å². The van der Waals surface area contributed by atoms with Gasteiger partial charge in [-0.2, -0.15) is 0 Å². The third-order valence-corrected chi connectivity index (χ3v) is 4.30. The number of nitrogens with two attached hydrogens (primary N) is 1. The predicted octanol–water partition coefficient (Wildman–Crippen LogP) is 4.55. The highest BCUT2D eigenvalue weighted by Gasteiger charge is 2.10. The van der Waals surface area contributed by atoms with Crippen LogP contribution in [0.5, 0.6) is 0 Å². The lowest BCUT2D eigenvalue weighted by atomic mass is 10.1. The van der Waals surface area contributed by atoms with Crippen molar-refractivity contribution in [1.82, 2.24) is 0 Å². The molecule has 0 atom stereocenters. The number of hydrogen-bond donors (Lipinski definition) is 2. The summed E-state index contributed by atoms with van der Waals surface area (Å²) in [6.45, 7) is 0. The van der Waals surface area contributed by atoms with Gasteiger partial charge in [0.15, 0.2) is 0 Å². The quantitative estimate of drug-likeness (QED) is 0.625. The molecule has 2 aromatic carbocycles. The molecule has 0 spiro atoms. The van der Waals surface area contributed by atoms with Gasteiger partial charge in [0, 0.05) is 20.6 Å². The fourth-order valence-corrected chi connectivity index (χ4v) is 3.26. The average Bonchev–Trinajstić information content (AvgIpc) is 2.39. The van der Waals surface area contributed by atoms with Crippen molar-refractivity contribution in [3.05, 3.63) is 52.5 Å². The van der Waals surface area contributed by atoms with E-state index in [0.29, 0.717) is 4.99 Å². The van der Waals surface area contributed by atoms with Gasteiger partial charge in [-0.05, 0) is 46.5 Å². The van der Waals surface area contributed by atoms with E-state index in [1.54, 1.807) is 11.8 Å². The molecule has 0 saturated carbocycles. The number of rotatable bonds is 4. The Bertz CT molecular complexity index is 614. The molecule has 2 aromatic rings. The molecule has 2 rings (SSSR count). The number of benzene rings is 2. The number of anilines is 2. The highest BCUT2D eigenvalue weighted by atomic mass is 79.9. The van der Waals surface area contributed by atoms with Crippen LogP contribution < -0.4 is 11.1 Å². The van der Waals surface area contributed by atoms with Crippen LogP contribution in [0.4, 0.5) is 11.4 Å². The van der Waals surface area contributed by atoms with Crippen LogP contribution in [0.1, 0.15) is 5.56 Å². The van der Waals surface area contributed by atoms with E-state index in [9.17, 15) is 0 Å². The first-order chi connectivity index (χ1) is 9.13. The van der Waals surface area contributed by atoms with Gasteiger partial charge >= 0.3 is 0 Å². The van der Waals surface area contributed by atoms with E-state index in [-0.39, 0.29) is 0 Å². The summed E-state index contributed by atoms with van der Waals surface area (Å²) in [5.41, 5.74) is 8.58. The number of para-hydroxylation sites is 1. The summed E-state index contributed by atoms with van der Waals surface area (Å²) in [4.78, 5) is 1.55. The first kappa shape index (κ1) is 14.4. The molecule has 0 radical (unpaired) electrons. The minimum atomic E-state index is 0.372. The molecular weight excluding hydrogens is 340 g/mol. The Morgan fingerprint density at radius 1 is 1.16 bits per heavy atom. The first-order valence-corrected chi connectivity index (χ1v) is 8.04. The van der Waals surface area contributed by atoms with E-state index in [1.807, 2.05) is 36.4 Å². The van der Waals surface area contributed by atoms with Crippen molar-refractivity contribution in [2.75, 3.05) is 11.6 Å². The number of hydrogen-bond acceptors (Lipinski definition) is 3. The van der Waals surface area contributed by atoms with Gasteiger partial charge in [0.05, 0.1) is 5.69 Å². The summed E-state index contributed by atoms with van der Waals surface area (Å²) in [7, 11) is 0. The summed E-state index contributed by atoms with van der Waals surface area (Å²) in [5.74, 6) is 0. The molecule has 5 heteroatoms. The molecule has 2 nitrogen and oxygen atoms in total. The maximum absolute atomic E-state index is 5.80. The molecule has 0 unspecified atom stereocenters. The molecule has 0 amide bonds. The van der Waals surface area contributed by atoms with Gasteiger partial charge in [-0.1, -0.05) is 30.4 Å². The van der Waals surface area contributed by atoms with Gasteiger partial charge in [0.2, 0.25) is 0 Å². The van der Waals surface area contributed by atoms with Crippen LogP contribution in [-0.2, 0) is 0 Å². The molecule has 98 valence electrons. The lowest BCUT2D eigenvalue weighted by Gasteiger charge is -2.14. The van der Waals surface area contributed by atoms with Crippen molar-refractivity contribution < 1.29 is 0 Å². The smallest absolute Gasteiger partial charge is 0.107 e. The van der Waals surface area contributed by atoms with Crippen LogP contribution in [-0.4, -0.2) is 11.2 Å². The summed E-state index contributed by atoms with van der Waals surface area (Å²) in [5, 5.41) is 3.40. The molecule has 0 bridgehead atoms. The van der Waals surface area contributed by atoms with E-state index in [4.69, 9.17) is 18.0 Å². The summed E-state index contributed by atoms with van der Waals surface area (Å²) in [6.07, 6.45) is 2.05. The molecule has 3 N–H and O–H groups in total. The molecule has 0 aromatic heterocycles. The Hall–Kier alpha value is -1.04.